The van der Waals surface area contributed by atoms with Crippen molar-refractivity contribution < 1.29 is 19.5 Å². The third-order valence-corrected chi connectivity index (χ3v) is 5.53. The molecule has 1 saturated heterocycles. The highest BCUT2D eigenvalue weighted by atomic mass is 32.2. The summed E-state index contributed by atoms with van der Waals surface area (Å²) in [6.07, 6.45) is 0. The van der Waals surface area contributed by atoms with Gasteiger partial charge in [0.15, 0.2) is 0 Å². The molecule has 2 N–H and O–H groups in total. The fraction of sp³-hybridized carbons (Fsp3) is 0.438. The van der Waals surface area contributed by atoms with Crippen LogP contribution >= 0.6 is 11.8 Å². The molecule has 7 heteroatoms. The van der Waals surface area contributed by atoms with Crippen LogP contribution in [-0.4, -0.2) is 45.6 Å². The van der Waals surface area contributed by atoms with E-state index < -0.39 is 24.0 Å². The lowest BCUT2D eigenvalue weighted by atomic mass is 10.0. The maximum atomic E-state index is 12.6. The zero-order chi connectivity index (χ0) is 16.7. The SMILES string of the molecule is CC(C)[C@H](NC(=O)[C@@H]1CSC2c3ccccc3C(=O)N21)C(=O)O. The Kier molecular flexibility index (Phi) is 4.06. The Morgan fingerprint density at radius 1 is 1.35 bits per heavy atom. The first-order valence-electron chi connectivity index (χ1n) is 7.48. The molecule has 2 heterocycles. The number of carboxylic acids is 1. The van der Waals surface area contributed by atoms with Crippen molar-refractivity contribution in [1.82, 2.24) is 10.2 Å². The lowest BCUT2D eigenvalue weighted by Gasteiger charge is -2.25. The average Bonchev–Trinajstić information content (AvgIpc) is 3.05. The van der Waals surface area contributed by atoms with Crippen molar-refractivity contribution >= 4 is 29.5 Å². The van der Waals surface area contributed by atoms with E-state index in [2.05, 4.69) is 5.32 Å². The van der Waals surface area contributed by atoms with Crippen LogP contribution < -0.4 is 5.32 Å². The minimum Gasteiger partial charge on any atom is -0.480 e. The van der Waals surface area contributed by atoms with Gasteiger partial charge in [-0.1, -0.05) is 32.0 Å². The number of fused-ring (bicyclic) bond motifs is 3. The Morgan fingerprint density at radius 2 is 2.04 bits per heavy atom. The van der Waals surface area contributed by atoms with E-state index in [4.69, 9.17) is 0 Å². The van der Waals surface area contributed by atoms with Crippen molar-refractivity contribution in [3.63, 3.8) is 0 Å². The van der Waals surface area contributed by atoms with Gasteiger partial charge >= 0.3 is 5.97 Å². The molecule has 6 nitrogen and oxygen atoms in total. The number of carbonyl (C=O) groups excluding carboxylic acids is 2. The smallest absolute Gasteiger partial charge is 0.326 e. The van der Waals surface area contributed by atoms with Crippen LogP contribution in [-0.2, 0) is 9.59 Å². The standard InChI is InChI=1S/C16H18N2O4S/c1-8(2)12(16(21)22)17-13(19)11-7-23-15-10-6-4-3-5-9(10)14(20)18(11)15/h3-6,8,11-12,15H,7H2,1-2H3,(H,17,19)(H,21,22)/t11-,12-,15?/m0/s1. The fourth-order valence-electron chi connectivity index (χ4n) is 3.01. The fourth-order valence-corrected chi connectivity index (χ4v) is 4.47. The van der Waals surface area contributed by atoms with Crippen molar-refractivity contribution in [1.29, 1.82) is 0 Å². The van der Waals surface area contributed by atoms with Crippen LogP contribution in [0, 0.1) is 5.92 Å². The Morgan fingerprint density at radius 3 is 2.70 bits per heavy atom. The molecule has 0 saturated carbocycles. The first-order chi connectivity index (χ1) is 10.9. The molecule has 0 aromatic heterocycles. The van der Waals surface area contributed by atoms with E-state index in [9.17, 15) is 19.5 Å². The molecule has 23 heavy (non-hydrogen) atoms. The summed E-state index contributed by atoms with van der Waals surface area (Å²) in [5.41, 5.74) is 1.55. The molecular weight excluding hydrogens is 316 g/mol. The van der Waals surface area contributed by atoms with E-state index in [0.29, 0.717) is 11.3 Å². The molecular formula is C16H18N2O4S. The molecule has 0 bridgehead atoms. The number of thioether (sulfide) groups is 1. The van der Waals surface area contributed by atoms with Crippen LogP contribution in [0.4, 0.5) is 0 Å². The van der Waals surface area contributed by atoms with E-state index >= 15 is 0 Å². The highest BCUT2D eigenvalue weighted by molar-refractivity contribution is 7.99. The van der Waals surface area contributed by atoms with Crippen molar-refractivity contribution in [3.8, 4) is 0 Å². The number of carbonyl (C=O) groups is 3. The molecule has 3 rings (SSSR count). The first kappa shape index (κ1) is 15.9. The Balaban J connectivity index is 1.80. The quantitative estimate of drug-likeness (QED) is 0.871. The number of hydrogen-bond acceptors (Lipinski definition) is 4. The second kappa shape index (κ2) is 5.88. The molecule has 0 radical (unpaired) electrons. The van der Waals surface area contributed by atoms with Crippen molar-refractivity contribution in [2.75, 3.05) is 5.75 Å². The number of aliphatic carboxylic acids is 1. The van der Waals surface area contributed by atoms with E-state index in [1.807, 2.05) is 12.1 Å². The predicted molar refractivity (Wildman–Crippen MR) is 86.0 cm³/mol. The zero-order valence-corrected chi connectivity index (χ0v) is 13.7. The molecule has 1 aromatic carbocycles. The van der Waals surface area contributed by atoms with Crippen LogP contribution in [0.2, 0.25) is 0 Å². The maximum absolute atomic E-state index is 12.6. The molecule has 1 aromatic rings. The monoisotopic (exact) mass is 334 g/mol. The van der Waals surface area contributed by atoms with Gasteiger partial charge in [0.1, 0.15) is 17.5 Å². The second-order valence-corrected chi connectivity index (χ2v) is 7.18. The molecule has 1 unspecified atom stereocenters. The van der Waals surface area contributed by atoms with E-state index in [0.717, 1.165) is 5.56 Å². The molecule has 122 valence electrons. The van der Waals surface area contributed by atoms with Gasteiger partial charge in [0.2, 0.25) is 5.91 Å². The van der Waals surface area contributed by atoms with Crippen LogP contribution in [0.3, 0.4) is 0 Å². The normalized spacial score (nSPS) is 23.6. The number of benzene rings is 1. The van der Waals surface area contributed by atoms with Gasteiger partial charge < -0.3 is 15.3 Å². The number of nitrogens with one attached hydrogen (secondary N) is 1. The van der Waals surface area contributed by atoms with Crippen molar-refractivity contribution in [2.45, 2.75) is 31.3 Å². The van der Waals surface area contributed by atoms with Gasteiger partial charge in [0.05, 0.1) is 0 Å². The van der Waals surface area contributed by atoms with Gasteiger partial charge in [0.25, 0.3) is 5.91 Å². The third kappa shape index (κ3) is 2.59. The number of hydrogen-bond donors (Lipinski definition) is 2. The lowest BCUT2D eigenvalue weighted by Crippen LogP contribution is -2.52. The van der Waals surface area contributed by atoms with Gasteiger partial charge in [0, 0.05) is 11.3 Å². The summed E-state index contributed by atoms with van der Waals surface area (Å²) in [6, 6.07) is 5.76. The Labute approximate surface area is 138 Å². The summed E-state index contributed by atoms with van der Waals surface area (Å²) in [5, 5.41) is 11.6. The van der Waals surface area contributed by atoms with Crippen LogP contribution in [0.1, 0.15) is 35.1 Å². The Hall–Kier alpha value is -2.02. The molecule has 0 aliphatic carbocycles. The maximum Gasteiger partial charge on any atom is 0.326 e. The molecule has 2 aliphatic rings. The average molecular weight is 334 g/mol. The zero-order valence-electron chi connectivity index (χ0n) is 12.9. The summed E-state index contributed by atoms with van der Waals surface area (Å²) < 4.78 is 0. The van der Waals surface area contributed by atoms with Crippen LogP contribution in [0.5, 0.6) is 0 Å². The van der Waals surface area contributed by atoms with E-state index in [1.165, 1.54) is 11.8 Å². The third-order valence-electron chi connectivity index (χ3n) is 4.23. The minimum absolute atomic E-state index is 0.156. The van der Waals surface area contributed by atoms with Crippen molar-refractivity contribution in [2.24, 2.45) is 5.92 Å². The van der Waals surface area contributed by atoms with Crippen LogP contribution in [0.25, 0.3) is 0 Å². The number of nitrogens with zero attached hydrogens (tertiary/aromatic N) is 1. The summed E-state index contributed by atoms with van der Waals surface area (Å²) in [5.74, 6) is -1.38. The van der Waals surface area contributed by atoms with E-state index in [1.54, 1.807) is 30.9 Å². The molecule has 2 aliphatic heterocycles. The highest BCUT2D eigenvalue weighted by Gasteiger charge is 2.48. The van der Waals surface area contributed by atoms with Crippen molar-refractivity contribution in [3.05, 3.63) is 35.4 Å². The molecule has 0 spiro atoms. The highest BCUT2D eigenvalue weighted by Crippen LogP contribution is 2.48. The van der Waals surface area contributed by atoms with Gasteiger partial charge in [-0.15, -0.1) is 11.8 Å². The van der Waals surface area contributed by atoms with Crippen LogP contribution in [0.15, 0.2) is 24.3 Å². The van der Waals surface area contributed by atoms with Gasteiger partial charge in [-0.2, -0.15) is 0 Å². The van der Waals surface area contributed by atoms with E-state index in [-0.39, 0.29) is 17.2 Å². The molecule has 2 amide bonds. The first-order valence-corrected chi connectivity index (χ1v) is 8.53. The minimum atomic E-state index is -1.06. The second-order valence-electron chi connectivity index (χ2n) is 6.07. The summed E-state index contributed by atoms with van der Waals surface area (Å²) in [7, 11) is 0. The summed E-state index contributed by atoms with van der Waals surface area (Å²) in [4.78, 5) is 37.9. The van der Waals surface area contributed by atoms with Gasteiger partial charge in [-0.3, -0.25) is 9.59 Å². The van der Waals surface area contributed by atoms with Gasteiger partial charge in [-0.05, 0) is 17.5 Å². The summed E-state index contributed by atoms with van der Waals surface area (Å²) in [6.45, 7) is 3.48. The topological polar surface area (TPSA) is 86.7 Å². The van der Waals surface area contributed by atoms with Gasteiger partial charge in [-0.25, -0.2) is 4.79 Å². The lowest BCUT2D eigenvalue weighted by molar-refractivity contribution is -0.143. The Bertz CT molecular complexity index is 676. The molecule has 1 fully saturated rings. The number of amides is 2. The largest absolute Gasteiger partial charge is 0.480 e. The number of carboxylic acid groups (broad SMARTS) is 1. The number of rotatable bonds is 4. The predicted octanol–water partition coefficient (Wildman–Crippen LogP) is 1.48. The summed E-state index contributed by atoms with van der Waals surface area (Å²) >= 11 is 1.54. The molecule has 3 atom stereocenters.